The standard InChI is InChI=1S/C14H20ClNO2/c1-10(2)18-14(17)9-16(4)11(3)12-5-7-13(15)8-6-12/h5-8,10-11H,9H2,1-4H3. The first-order valence-corrected chi connectivity index (χ1v) is 6.43. The van der Waals surface area contributed by atoms with Gasteiger partial charge in [0.1, 0.15) is 0 Å². The van der Waals surface area contributed by atoms with Crippen molar-refractivity contribution >= 4 is 17.6 Å². The number of carbonyl (C=O) groups is 1. The van der Waals surface area contributed by atoms with E-state index in [1.165, 1.54) is 0 Å². The first-order valence-electron chi connectivity index (χ1n) is 6.05. The predicted molar refractivity (Wildman–Crippen MR) is 73.7 cm³/mol. The van der Waals surface area contributed by atoms with Crippen LogP contribution in [0.5, 0.6) is 0 Å². The third-order valence-corrected chi connectivity index (χ3v) is 3.01. The van der Waals surface area contributed by atoms with E-state index in [4.69, 9.17) is 16.3 Å². The van der Waals surface area contributed by atoms with E-state index in [9.17, 15) is 4.79 Å². The molecule has 1 rings (SSSR count). The summed E-state index contributed by atoms with van der Waals surface area (Å²) in [4.78, 5) is 13.5. The molecular formula is C14H20ClNO2. The first-order chi connectivity index (χ1) is 8.40. The van der Waals surface area contributed by atoms with E-state index in [0.717, 1.165) is 5.56 Å². The summed E-state index contributed by atoms with van der Waals surface area (Å²) in [6.07, 6.45) is -0.0725. The Balaban J connectivity index is 2.58. The van der Waals surface area contributed by atoms with Crippen molar-refractivity contribution in [2.45, 2.75) is 32.9 Å². The number of esters is 1. The number of halogens is 1. The van der Waals surface area contributed by atoms with Crippen LogP contribution in [0.4, 0.5) is 0 Å². The Morgan fingerprint density at radius 3 is 2.33 bits per heavy atom. The molecule has 0 radical (unpaired) electrons. The summed E-state index contributed by atoms with van der Waals surface area (Å²) in [5.41, 5.74) is 1.12. The van der Waals surface area contributed by atoms with Gasteiger partial charge in [0.2, 0.25) is 0 Å². The SMILES string of the molecule is CC(C)OC(=O)CN(C)C(C)c1ccc(Cl)cc1. The van der Waals surface area contributed by atoms with Crippen LogP contribution in [0.1, 0.15) is 32.4 Å². The monoisotopic (exact) mass is 269 g/mol. The summed E-state index contributed by atoms with van der Waals surface area (Å²) in [6.45, 7) is 6.02. The molecule has 0 saturated carbocycles. The molecule has 18 heavy (non-hydrogen) atoms. The highest BCUT2D eigenvalue weighted by atomic mass is 35.5. The highest BCUT2D eigenvalue weighted by Crippen LogP contribution is 2.20. The highest BCUT2D eigenvalue weighted by Gasteiger charge is 2.16. The molecule has 0 N–H and O–H groups in total. The molecule has 1 aromatic carbocycles. The molecule has 1 aromatic rings. The minimum atomic E-state index is -0.201. The van der Waals surface area contributed by atoms with Gasteiger partial charge in [0.15, 0.2) is 0 Å². The van der Waals surface area contributed by atoms with Gasteiger partial charge in [-0.05, 0) is 45.5 Å². The van der Waals surface area contributed by atoms with E-state index in [2.05, 4.69) is 0 Å². The molecule has 1 unspecified atom stereocenters. The number of benzene rings is 1. The Kier molecular flexibility index (Phi) is 5.63. The molecule has 0 aromatic heterocycles. The van der Waals surface area contributed by atoms with Gasteiger partial charge in [-0.15, -0.1) is 0 Å². The maximum Gasteiger partial charge on any atom is 0.320 e. The molecule has 1 atom stereocenters. The Bertz CT molecular complexity index is 389. The van der Waals surface area contributed by atoms with Gasteiger partial charge in [-0.2, -0.15) is 0 Å². The second kappa shape index (κ2) is 6.76. The normalized spacial score (nSPS) is 12.8. The Hall–Kier alpha value is -1.06. The van der Waals surface area contributed by atoms with E-state index in [1.54, 1.807) is 0 Å². The lowest BCUT2D eigenvalue weighted by Crippen LogP contribution is -2.31. The molecule has 0 fully saturated rings. The topological polar surface area (TPSA) is 29.5 Å². The van der Waals surface area contributed by atoms with Gasteiger partial charge in [0, 0.05) is 11.1 Å². The Morgan fingerprint density at radius 2 is 1.83 bits per heavy atom. The van der Waals surface area contributed by atoms with E-state index in [-0.39, 0.29) is 24.7 Å². The Morgan fingerprint density at radius 1 is 1.28 bits per heavy atom. The van der Waals surface area contributed by atoms with Crippen LogP contribution < -0.4 is 0 Å². The van der Waals surface area contributed by atoms with Gasteiger partial charge >= 0.3 is 5.97 Å². The molecule has 0 bridgehead atoms. The lowest BCUT2D eigenvalue weighted by molar-refractivity contribution is -0.148. The Labute approximate surface area is 114 Å². The number of likely N-dealkylation sites (N-methyl/N-ethyl adjacent to an activating group) is 1. The number of carbonyl (C=O) groups excluding carboxylic acids is 1. The van der Waals surface area contributed by atoms with Crippen LogP contribution in [-0.4, -0.2) is 30.6 Å². The van der Waals surface area contributed by atoms with Gasteiger partial charge < -0.3 is 4.74 Å². The molecular weight excluding hydrogens is 250 g/mol. The van der Waals surface area contributed by atoms with Gasteiger partial charge in [-0.25, -0.2) is 0 Å². The molecule has 3 nitrogen and oxygen atoms in total. The third-order valence-electron chi connectivity index (χ3n) is 2.76. The minimum absolute atomic E-state index is 0.0725. The van der Waals surface area contributed by atoms with E-state index >= 15 is 0 Å². The van der Waals surface area contributed by atoms with Crippen molar-refractivity contribution < 1.29 is 9.53 Å². The summed E-state index contributed by atoms with van der Waals surface area (Å²) in [7, 11) is 1.90. The number of hydrogen-bond acceptors (Lipinski definition) is 3. The number of nitrogens with zero attached hydrogens (tertiary/aromatic N) is 1. The average molecular weight is 270 g/mol. The van der Waals surface area contributed by atoms with E-state index in [1.807, 2.05) is 57.0 Å². The maximum absolute atomic E-state index is 11.6. The van der Waals surface area contributed by atoms with Crippen LogP contribution in [0.3, 0.4) is 0 Å². The zero-order valence-corrected chi connectivity index (χ0v) is 12.1. The van der Waals surface area contributed by atoms with Gasteiger partial charge in [-0.1, -0.05) is 23.7 Å². The summed E-state index contributed by atoms with van der Waals surface area (Å²) >= 11 is 5.85. The fourth-order valence-electron chi connectivity index (χ4n) is 1.64. The van der Waals surface area contributed by atoms with Crippen LogP contribution >= 0.6 is 11.6 Å². The lowest BCUT2D eigenvalue weighted by atomic mass is 10.1. The smallest absolute Gasteiger partial charge is 0.320 e. The van der Waals surface area contributed by atoms with Gasteiger partial charge in [0.25, 0.3) is 0 Å². The van der Waals surface area contributed by atoms with Crippen LogP contribution in [0.15, 0.2) is 24.3 Å². The van der Waals surface area contributed by atoms with E-state index in [0.29, 0.717) is 5.02 Å². The molecule has 0 aliphatic heterocycles. The molecule has 0 spiro atoms. The number of hydrogen-bond donors (Lipinski definition) is 0. The fourth-order valence-corrected chi connectivity index (χ4v) is 1.76. The summed E-state index contributed by atoms with van der Waals surface area (Å²) in [6, 6.07) is 7.79. The molecule has 4 heteroatoms. The van der Waals surface area contributed by atoms with Crippen molar-refractivity contribution in [1.82, 2.24) is 4.90 Å². The zero-order valence-electron chi connectivity index (χ0n) is 11.3. The van der Waals surface area contributed by atoms with Gasteiger partial charge in [-0.3, -0.25) is 9.69 Å². The number of rotatable bonds is 5. The molecule has 0 saturated heterocycles. The average Bonchev–Trinajstić information content (AvgIpc) is 2.27. The second-order valence-corrected chi connectivity index (χ2v) is 5.12. The maximum atomic E-state index is 11.6. The van der Waals surface area contributed by atoms with Crippen LogP contribution in [0.25, 0.3) is 0 Å². The third kappa shape index (κ3) is 4.67. The van der Waals surface area contributed by atoms with Crippen molar-refractivity contribution in [1.29, 1.82) is 0 Å². The minimum Gasteiger partial charge on any atom is -0.462 e. The van der Waals surface area contributed by atoms with Crippen molar-refractivity contribution in [3.05, 3.63) is 34.9 Å². The fraction of sp³-hybridized carbons (Fsp3) is 0.500. The summed E-state index contributed by atoms with van der Waals surface area (Å²) in [5.74, 6) is -0.201. The largest absolute Gasteiger partial charge is 0.462 e. The summed E-state index contributed by atoms with van der Waals surface area (Å²) < 4.78 is 5.12. The van der Waals surface area contributed by atoms with E-state index < -0.39 is 0 Å². The van der Waals surface area contributed by atoms with Crippen molar-refractivity contribution in [2.24, 2.45) is 0 Å². The molecule has 100 valence electrons. The molecule has 0 aliphatic carbocycles. The molecule has 0 heterocycles. The highest BCUT2D eigenvalue weighted by molar-refractivity contribution is 6.30. The van der Waals surface area contributed by atoms with Crippen molar-refractivity contribution in [2.75, 3.05) is 13.6 Å². The van der Waals surface area contributed by atoms with Crippen molar-refractivity contribution in [3.63, 3.8) is 0 Å². The first kappa shape index (κ1) is 15.0. The van der Waals surface area contributed by atoms with Crippen LogP contribution in [-0.2, 0) is 9.53 Å². The number of ether oxygens (including phenoxy) is 1. The lowest BCUT2D eigenvalue weighted by Gasteiger charge is -2.24. The predicted octanol–water partition coefficient (Wildman–Crippen LogP) is 3.28. The van der Waals surface area contributed by atoms with Crippen LogP contribution in [0, 0.1) is 0 Å². The molecule has 0 amide bonds. The van der Waals surface area contributed by atoms with Gasteiger partial charge in [0.05, 0.1) is 12.6 Å². The molecule has 0 aliphatic rings. The zero-order chi connectivity index (χ0) is 13.7. The summed E-state index contributed by atoms with van der Waals surface area (Å²) in [5, 5.41) is 0.716. The second-order valence-electron chi connectivity index (χ2n) is 4.68. The van der Waals surface area contributed by atoms with Crippen molar-refractivity contribution in [3.8, 4) is 0 Å². The quantitative estimate of drug-likeness (QED) is 0.769. The van der Waals surface area contributed by atoms with Crippen LogP contribution in [0.2, 0.25) is 5.02 Å².